The van der Waals surface area contributed by atoms with Gasteiger partial charge in [-0.2, -0.15) is 0 Å². The minimum Gasteiger partial charge on any atom is -0.326 e. The van der Waals surface area contributed by atoms with Crippen molar-refractivity contribution in [2.75, 3.05) is 0 Å². The predicted octanol–water partition coefficient (Wildman–Crippen LogP) is 1.54. The van der Waals surface area contributed by atoms with Gasteiger partial charge in [-0.15, -0.1) is 13.2 Å². The second-order valence-electron chi connectivity index (χ2n) is 2.37. The van der Waals surface area contributed by atoms with E-state index in [1.165, 1.54) is 0 Å². The molecular formula is C6H15NW. The first-order valence-corrected chi connectivity index (χ1v) is 2.29. The summed E-state index contributed by atoms with van der Waals surface area (Å²) in [6.45, 7) is 11.9. The fourth-order valence-corrected chi connectivity index (χ4v) is 0. The molecule has 0 fully saturated rings. The standard InChI is InChI=1S/C4H11N.C2H4.W/c1-4(2,3)5;1-2;/h5H2,1-3H3;1-2H2;. The summed E-state index contributed by atoms with van der Waals surface area (Å²) in [5, 5.41) is 0. The van der Waals surface area contributed by atoms with Crippen LogP contribution in [-0.2, 0) is 21.1 Å². The maximum Gasteiger partial charge on any atom is 0.00686 e. The molecule has 0 heterocycles. The fourth-order valence-electron chi connectivity index (χ4n) is 0. The molecule has 0 unspecified atom stereocenters. The first-order valence-electron chi connectivity index (χ1n) is 2.29. The van der Waals surface area contributed by atoms with Crippen LogP contribution in [0.3, 0.4) is 0 Å². The molecular weight excluding hydrogens is 270 g/mol. The maximum atomic E-state index is 5.35. The topological polar surface area (TPSA) is 26.0 Å². The van der Waals surface area contributed by atoms with E-state index < -0.39 is 0 Å². The molecule has 0 saturated carbocycles. The Kier molecular flexibility index (Phi) is 14.6. The molecule has 0 saturated heterocycles. The van der Waals surface area contributed by atoms with Crippen LogP contribution in [0, 0.1) is 0 Å². The zero-order valence-corrected chi connectivity index (χ0v) is 8.83. The van der Waals surface area contributed by atoms with Crippen molar-refractivity contribution in [1.29, 1.82) is 0 Å². The summed E-state index contributed by atoms with van der Waals surface area (Å²) < 4.78 is 0. The molecule has 0 rings (SSSR count). The molecule has 50 valence electrons. The van der Waals surface area contributed by atoms with Crippen LogP contribution in [0.1, 0.15) is 20.8 Å². The van der Waals surface area contributed by atoms with E-state index in [9.17, 15) is 0 Å². The van der Waals surface area contributed by atoms with Crippen LogP contribution in [0.2, 0.25) is 0 Å². The average molecular weight is 285 g/mol. The normalized spacial score (nSPS) is 8.00. The molecule has 2 N–H and O–H groups in total. The van der Waals surface area contributed by atoms with Gasteiger partial charge in [0.15, 0.2) is 0 Å². The van der Waals surface area contributed by atoms with Gasteiger partial charge in [-0.25, -0.2) is 0 Å². The molecule has 0 radical (unpaired) electrons. The fraction of sp³-hybridized carbons (Fsp3) is 0.667. The van der Waals surface area contributed by atoms with Crippen LogP contribution in [0.15, 0.2) is 13.2 Å². The monoisotopic (exact) mass is 285 g/mol. The van der Waals surface area contributed by atoms with Crippen LogP contribution in [0.25, 0.3) is 0 Å². The molecule has 0 aliphatic carbocycles. The Labute approximate surface area is 66.6 Å². The summed E-state index contributed by atoms with van der Waals surface area (Å²) in [5.74, 6) is 0. The molecule has 0 atom stereocenters. The van der Waals surface area contributed by atoms with Gasteiger partial charge in [-0.1, -0.05) is 0 Å². The summed E-state index contributed by atoms with van der Waals surface area (Å²) in [6.07, 6.45) is 0. The van der Waals surface area contributed by atoms with Crippen LogP contribution in [0.4, 0.5) is 0 Å². The summed E-state index contributed by atoms with van der Waals surface area (Å²) in [7, 11) is 0. The smallest absolute Gasteiger partial charge is 0.00686 e. The van der Waals surface area contributed by atoms with Crippen molar-refractivity contribution in [3.63, 3.8) is 0 Å². The molecule has 0 aliphatic heterocycles. The number of hydrogen-bond donors (Lipinski definition) is 1. The Hall–Kier alpha value is 0.388. The van der Waals surface area contributed by atoms with Gasteiger partial charge < -0.3 is 5.73 Å². The summed E-state index contributed by atoms with van der Waals surface area (Å²) in [5.41, 5.74) is 5.35. The zero-order chi connectivity index (χ0) is 6.50. The van der Waals surface area contributed by atoms with Crippen molar-refractivity contribution in [1.82, 2.24) is 0 Å². The van der Waals surface area contributed by atoms with Crippen molar-refractivity contribution < 1.29 is 21.1 Å². The summed E-state index contributed by atoms with van der Waals surface area (Å²) >= 11 is 0. The van der Waals surface area contributed by atoms with Crippen molar-refractivity contribution in [3.8, 4) is 0 Å². The third kappa shape index (κ3) is 1230. The van der Waals surface area contributed by atoms with E-state index in [1.807, 2.05) is 20.8 Å². The van der Waals surface area contributed by atoms with Crippen molar-refractivity contribution in [2.24, 2.45) is 5.73 Å². The van der Waals surface area contributed by atoms with E-state index in [4.69, 9.17) is 5.73 Å². The SMILES string of the molecule is C=C.CC(C)(C)N.[W]. The molecule has 0 aliphatic rings. The Morgan fingerprint density at radius 2 is 1.12 bits per heavy atom. The molecule has 8 heavy (non-hydrogen) atoms. The van der Waals surface area contributed by atoms with Crippen molar-refractivity contribution >= 4 is 0 Å². The molecule has 0 amide bonds. The van der Waals surface area contributed by atoms with Gasteiger partial charge >= 0.3 is 0 Å². The van der Waals surface area contributed by atoms with Crippen LogP contribution < -0.4 is 5.73 Å². The maximum absolute atomic E-state index is 5.35. The van der Waals surface area contributed by atoms with Gasteiger partial charge in [-0.3, -0.25) is 0 Å². The van der Waals surface area contributed by atoms with E-state index in [2.05, 4.69) is 13.2 Å². The largest absolute Gasteiger partial charge is 0.326 e. The quantitative estimate of drug-likeness (QED) is 0.671. The second kappa shape index (κ2) is 7.39. The molecule has 0 aromatic carbocycles. The minimum absolute atomic E-state index is 0. The van der Waals surface area contributed by atoms with E-state index >= 15 is 0 Å². The van der Waals surface area contributed by atoms with Gasteiger partial charge in [0, 0.05) is 26.6 Å². The van der Waals surface area contributed by atoms with E-state index in [1.54, 1.807) is 0 Å². The third-order valence-corrected chi connectivity index (χ3v) is 0. The second-order valence-corrected chi connectivity index (χ2v) is 2.37. The number of rotatable bonds is 0. The van der Waals surface area contributed by atoms with E-state index in [0.717, 1.165) is 0 Å². The Morgan fingerprint density at radius 3 is 1.12 bits per heavy atom. The van der Waals surface area contributed by atoms with Gasteiger partial charge in [0.05, 0.1) is 0 Å². The first kappa shape index (κ1) is 15.8. The molecule has 0 aromatic rings. The Balaban J connectivity index is -0.0000000750. The number of hydrogen-bond acceptors (Lipinski definition) is 1. The van der Waals surface area contributed by atoms with Gasteiger partial charge in [-0.05, 0) is 20.8 Å². The third-order valence-electron chi connectivity index (χ3n) is 0. The van der Waals surface area contributed by atoms with Gasteiger partial charge in [0.25, 0.3) is 0 Å². The predicted molar refractivity (Wildman–Crippen MR) is 35.2 cm³/mol. The van der Waals surface area contributed by atoms with Gasteiger partial charge in [0.1, 0.15) is 0 Å². The van der Waals surface area contributed by atoms with Crippen molar-refractivity contribution in [2.45, 2.75) is 26.3 Å². The average Bonchev–Trinajstić information content (AvgIpc) is 1.36. The summed E-state index contributed by atoms with van der Waals surface area (Å²) in [4.78, 5) is 0. The minimum atomic E-state index is 0. The molecule has 1 nitrogen and oxygen atoms in total. The van der Waals surface area contributed by atoms with Crippen molar-refractivity contribution in [3.05, 3.63) is 13.2 Å². The van der Waals surface area contributed by atoms with E-state index in [-0.39, 0.29) is 26.6 Å². The number of nitrogens with two attached hydrogens (primary N) is 1. The van der Waals surface area contributed by atoms with Gasteiger partial charge in [0.2, 0.25) is 0 Å². The molecule has 0 spiro atoms. The summed E-state index contributed by atoms with van der Waals surface area (Å²) in [6, 6.07) is 0. The first-order chi connectivity index (χ1) is 3.00. The molecule has 0 bridgehead atoms. The molecule has 0 aromatic heterocycles. The molecule has 2 heteroatoms. The van der Waals surface area contributed by atoms with Crippen LogP contribution in [0.5, 0.6) is 0 Å². The Bertz CT molecular complexity index is 32.3. The Morgan fingerprint density at radius 1 is 1.12 bits per heavy atom. The van der Waals surface area contributed by atoms with E-state index in [0.29, 0.717) is 0 Å². The van der Waals surface area contributed by atoms with Crippen LogP contribution in [-0.4, -0.2) is 5.54 Å². The zero-order valence-electron chi connectivity index (χ0n) is 5.90. The van der Waals surface area contributed by atoms with Crippen LogP contribution >= 0.6 is 0 Å².